The van der Waals surface area contributed by atoms with Crippen molar-refractivity contribution in [2.45, 2.75) is 12.6 Å². The summed E-state index contributed by atoms with van der Waals surface area (Å²) in [5.74, 6) is 1.37. The zero-order chi connectivity index (χ0) is 23.5. The van der Waals surface area contributed by atoms with E-state index < -0.39 is 6.04 Å². The zero-order valence-electron chi connectivity index (χ0n) is 19.2. The number of nitrogens with zero attached hydrogens (tertiary/aromatic N) is 3. The molecule has 0 bridgehead atoms. The molecule has 0 saturated heterocycles. The van der Waals surface area contributed by atoms with E-state index in [1.165, 1.54) is 5.56 Å². The number of imidazole rings is 1. The summed E-state index contributed by atoms with van der Waals surface area (Å²) in [6.07, 6.45) is 5.56. The average Bonchev–Trinajstić information content (AvgIpc) is 3.47. The third-order valence-electron chi connectivity index (χ3n) is 6.07. The van der Waals surface area contributed by atoms with Crippen molar-refractivity contribution >= 4 is 16.8 Å². The summed E-state index contributed by atoms with van der Waals surface area (Å²) in [5.41, 5.74) is 3.77. The maximum Gasteiger partial charge on any atom is 0.254 e. The first-order chi connectivity index (χ1) is 16.6. The monoisotopic (exact) mass is 450 g/mol. The Hall–Kier alpha value is -4.32. The van der Waals surface area contributed by atoms with Crippen LogP contribution in [-0.4, -0.2) is 27.1 Å². The van der Waals surface area contributed by atoms with Crippen molar-refractivity contribution in [3.8, 4) is 5.75 Å². The Bertz CT molecular complexity index is 1420. The SMILES string of the molecule is COc1ccc([C@H](NC(=O)c2cn(Cc3ccccc3)c3ccccc23)c2nccn2C)cc1. The van der Waals surface area contributed by atoms with E-state index in [0.717, 1.165) is 28.0 Å². The van der Waals surface area contributed by atoms with E-state index >= 15 is 0 Å². The quantitative estimate of drug-likeness (QED) is 0.382. The van der Waals surface area contributed by atoms with Gasteiger partial charge in [0.2, 0.25) is 0 Å². The Kier molecular flexibility index (Phi) is 5.87. The van der Waals surface area contributed by atoms with Gasteiger partial charge in [-0.1, -0.05) is 60.7 Å². The molecule has 0 fully saturated rings. The Labute approximate surface area is 198 Å². The van der Waals surface area contributed by atoms with Gasteiger partial charge in [0.25, 0.3) is 5.91 Å². The van der Waals surface area contributed by atoms with Gasteiger partial charge in [-0.05, 0) is 29.3 Å². The summed E-state index contributed by atoms with van der Waals surface area (Å²) in [7, 11) is 3.56. The lowest BCUT2D eigenvalue weighted by Gasteiger charge is -2.19. The van der Waals surface area contributed by atoms with Crippen LogP contribution < -0.4 is 10.1 Å². The third kappa shape index (κ3) is 4.18. The standard InChI is InChI=1S/C28H26N4O2/c1-31-17-16-29-27(31)26(21-12-14-22(34-2)15-13-21)30-28(33)24-19-32(18-20-8-4-3-5-9-20)25-11-7-6-10-23(24)25/h3-17,19,26H,18H2,1-2H3,(H,30,33)/t26-/m0/s1. The van der Waals surface area contributed by atoms with E-state index in [4.69, 9.17) is 4.74 Å². The van der Waals surface area contributed by atoms with Gasteiger partial charge >= 0.3 is 0 Å². The number of hydrogen-bond acceptors (Lipinski definition) is 3. The normalized spacial score (nSPS) is 11.9. The molecular formula is C28H26N4O2. The van der Waals surface area contributed by atoms with Crippen molar-refractivity contribution in [2.24, 2.45) is 7.05 Å². The lowest BCUT2D eigenvalue weighted by Crippen LogP contribution is -2.31. The predicted molar refractivity (Wildman–Crippen MR) is 133 cm³/mol. The maximum atomic E-state index is 13.7. The van der Waals surface area contributed by atoms with E-state index in [9.17, 15) is 4.79 Å². The van der Waals surface area contributed by atoms with Crippen molar-refractivity contribution in [1.82, 2.24) is 19.4 Å². The van der Waals surface area contributed by atoms with Crippen molar-refractivity contribution < 1.29 is 9.53 Å². The van der Waals surface area contributed by atoms with Gasteiger partial charge in [-0.3, -0.25) is 4.79 Å². The Morgan fingerprint density at radius 2 is 1.74 bits per heavy atom. The Morgan fingerprint density at radius 1 is 1.00 bits per heavy atom. The van der Waals surface area contributed by atoms with Crippen molar-refractivity contribution in [3.63, 3.8) is 0 Å². The zero-order valence-corrected chi connectivity index (χ0v) is 19.2. The molecule has 6 heteroatoms. The van der Waals surface area contributed by atoms with Gasteiger partial charge in [0.15, 0.2) is 0 Å². The molecule has 0 radical (unpaired) electrons. The summed E-state index contributed by atoms with van der Waals surface area (Å²) >= 11 is 0. The van der Waals surface area contributed by atoms with E-state index in [2.05, 4.69) is 33.1 Å². The van der Waals surface area contributed by atoms with Gasteiger partial charge in [-0.15, -0.1) is 0 Å². The molecule has 170 valence electrons. The minimum atomic E-state index is -0.408. The summed E-state index contributed by atoms with van der Waals surface area (Å²) in [6, 6.07) is 25.5. The first-order valence-corrected chi connectivity index (χ1v) is 11.2. The summed E-state index contributed by atoms with van der Waals surface area (Å²) in [4.78, 5) is 18.2. The smallest absolute Gasteiger partial charge is 0.254 e. The van der Waals surface area contributed by atoms with Crippen LogP contribution in [0.3, 0.4) is 0 Å². The highest BCUT2D eigenvalue weighted by molar-refractivity contribution is 6.07. The first kappa shape index (κ1) is 21.5. The largest absolute Gasteiger partial charge is 0.497 e. The molecule has 34 heavy (non-hydrogen) atoms. The van der Waals surface area contributed by atoms with E-state index in [0.29, 0.717) is 12.1 Å². The first-order valence-electron chi connectivity index (χ1n) is 11.2. The van der Waals surface area contributed by atoms with E-state index in [1.54, 1.807) is 13.3 Å². The number of hydrogen-bond donors (Lipinski definition) is 1. The molecule has 0 aliphatic heterocycles. The molecule has 1 N–H and O–H groups in total. The fourth-order valence-corrected chi connectivity index (χ4v) is 4.30. The molecule has 0 saturated carbocycles. The van der Waals surface area contributed by atoms with Crippen LogP contribution in [0.2, 0.25) is 0 Å². The van der Waals surface area contributed by atoms with Crippen LogP contribution in [0.4, 0.5) is 0 Å². The molecule has 0 aliphatic carbocycles. The summed E-state index contributed by atoms with van der Waals surface area (Å²) in [6.45, 7) is 0.690. The number of aromatic nitrogens is 3. The number of rotatable bonds is 7. The van der Waals surface area contributed by atoms with E-state index in [1.807, 2.05) is 84.7 Å². The maximum absolute atomic E-state index is 13.7. The van der Waals surface area contributed by atoms with Gasteiger partial charge in [0.05, 0.1) is 12.7 Å². The summed E-state index contributed by atoms with van der Waals surface area (Å²) in [5, 5.41) is 4.14. The topological polar surface area (TPSA) is 61.1 Å². The van der Waals surface area contributed by atoms with Crippen molar-refractivity contribution in [2.75, 3.05) is 7.11 Å². The van der Waals surface area contributed by atoms with Gasteiger partial charge < -0.3 is 19.2 Å². The number of carbonyl (C=O) groups excluding carboxylic acids is 1. The molecule has 0 spiro atoms. The number of methoxy groups -OCH3 is 1. The second-order valence-corrected chi connectivity index (χ2v) is 8.25. The second-order valence-electron chi connectivity index (χ2n) is 8.25. The highest BCUT2D eigenvalue weighted by Gasteiger charge is 2.23. The van der Waals surface area contributed by atoms with Crippen molar-refractivity contribution in [1.29, 1.82) is 0 Å². The second kappa shape index (κ2) is 9.27. The van der Waals surface area contributed by atoms with Crippen LogP contribution in [0.1, 0.15) is 33.4 Å². The molecule has 2 heterocycles. The molecular weight excluding hydrogens is 424 g/mol. The number of ether oxygens (including phenoxy) is 1. The molecule has 0 unspecified atom stereocenters. The number of amides is 1. The highest BCUT2D eigenvalue weighted by Crippen LogP contribution is 2.26. The highest BCUT2D eigenvalue weighted by atomic mass is 16.5. The molecule has 1 atom stereocenters. The number of benzene rings is 3. The predicted octanol–water partition coefficient (Wildman–Crippen LogP) is 4.95. The summed E-state index contributed by atoms with van der Waals surface area (Å²) < 4.78 is 9.35. The molecule has 5 aromatic rings. The van der Waals surface area contributed by atoms with Crippen LogP contribution >= 0.6 is 0 Å². The van der Waals surface area contributed by atoms with Crippen LogP contribution in [0.25, 0.3) is 10.9 Å². The van der Waals surface area contributed by atoms with Crippen molar-refractivity contribution in [3.05, 3.63) is 120 Å². The van der Waals surface area contributed by atoms with Gasteiger partial charge in [0.1, 0.15) is 17.6 Å². The fourth-order valence-electron chi connectivity index (χ4n) is 4.30. The van der Waals surface area contributed by atoms with Crippen LogP contribution in [0.15, 0.2) is 97.5 Å². The number of nitrogens with one attached hydrogen (secondary N) is 1. The molecule has 6 nitrogen and oxygen atoms in total. The molecule has 5 rings (SSSR count). The lowest BCUT2D eigenvalue weighted by molar-refractivity contribution is 0.0942. The molecule has 1 amide bonds. The van der Waals surface area contributed by atoms with Gasteiger partial charge in [-0.2, -0.15) is 0 Å². The Morgan fingerprint density at radius 3 is 2.44 bits per heavy atom. The molecule has 3 aromatic carbocycles. The number of fused-ring (bicyclic) bond motifs is 1. The fraction of sp³-hybridized carbons (Fsp3) is 0.143. The number of aryl methyl sites for hydroxylation is 1. The molecule has 0 aliphatic rings. The molecule has 2 aromatic heterocycles. The van der Waals surface area contributed by atoms with Crippen LogP contribution in [-0.2, 0) is 13.6 Å². The van der Waals surface area contributed by atoms with Crippen LogP contribution in [0, 0.1) is 0 Å². The number of carbonyl (C=O) groups is 1. The number of para-hydroxylation sites is 1. The van der Waals surface area contributed by atoms with Gasteiger partial charge in [0, 0.05) is 43.1 Å². The van der Waals surface area contributed by atoms with Crippen LogP contribution in [0.5, 0.6) is 5.75 Å². The minimum Gasteiger partial charge on any atom is -0.497 e. The average molecular weight is 451 g/mol. The lowest BCUT2D eigenvalue weighted by atomic mass is 10.0. The minimum absolute atomic E-state index is 0.146. The van der Waals surface area contributed by atoms with E-state index in [-0.39, 0.29) is 5.91 Å². The Balaban J connectivity index is 1.51. The van der Waals surface area contributed by atoms with Gasteiger partial charge in [-0.25, -0.2) is 4.98 Å². The third-order valence-corrected chi connectivity index (χ3v) is 6.07.